The number of hydrogen-bond acceptors (Lipinski definition) is 4. The van der Waals surface area contributed by atoms with Crippen molar-refractivity contribution in [3.05, 3.63) is 47.6 Å². The van der Waals surface area contributed by atoms with Crippen LogP contribution in [0.3, 0.4) is 0 Å². The highest BCUT2D eigenvalue weighted by atomic mass is 19.4. The van der Waals surface area contributed by atoms with Gasteiger partial charge in [-0.05, 0) is 43.5 Å². The van der Waals surface area contributed by atoms with E-state index in [1.54, 1.807) is 0 Å². The van der Waals surface area contributed by atoms with Crippen molar-refractivity contribution in [1.29, 1.82) is 0 Å². The Morgan fingerprint density at radius 3 is 2.32 bits per heavy atom. The molecule has 0 amide bonds. The van der Waals surface area contributed by atoms with E-state index in [2.05, 4.69) is 11.3 Å². The van der Waals surface area contributed by atoms with Crippen molar-refractivity contribution in [2.24, 2.45) is 0 Å². The third-order valence-corrected chi connectivity index (χ3v) is 2.90. The zero-order valence-corrected chi connectivity index (χ0v) is 13.4. The third-order valence-electron chi connectivity index (χ3n) is 2.90. The molecule has 0 spiro atoms. The summed E-state index contributed by atoms with van der Waals surface area (Å²) >= 11 is 0. The van der Waals surface area contributed by atoms with E-state index >= 15 is 0 Å². The summed E-state index contributed by atoms with van der Waals surface area (Å²) in [6, 6.07) is 4.80. The Bertz CT molecular complexity index is 660. The number of rotatable bonds is 8. The van der Waals surface area contributed by atoms with Gasteiger partial charge in [0, 0.05) is 11.1 Å². The van der Waals surface area contributed by atoms with E-state index in [0.717, 1.165) is 12.1 Å². The van der Waals surface area contributed by atoms with Crippen LogP contribution in [0.5, 0.6) is 5.75 Å². The number of ether oxygens (including phenoxy) is 2. The van der Waals surface area contributed by atoms with Crippen LogP contribution >= 0.6 is 0 Å². The minimum Gasteiger partial charge on any atom is -0.478 e. The molecule has 0 radical (unpaired) electrons. The first kappa shape index (κ1) is 20.3. The van der Waals surface area contributed by atoms with Crippen LogP contribution in [0.4, 0.5) is 13.2 Å². The fourth-order valence-corrected chi connectivity index (χ4v) is 1.76. The molecule has 1 aromatic carbocycles. The summed E-state index contributed by atoms with van der Waals surface area (Å²) in [7, 11) is 0. The molecule has 0 heterocycles. The van der Waals surface area contributed by atoms with Crippen LogP contribution in [0.1, 0.15) is 25.3 Å². The molecule has 0 saturated heterocycles. The van der Waals surface area contributed by atoms with E-state index in [1.807, 2.05) is 0 Å². The molecule has 5 nitrogen and oxygen atoms in total. The summed E-state index contributed by atoms with van der Waals surface area (Å²) < 4.78 is 44.9. The Balaban J connectivity index is 2.67. The van der Waals surface area contributed by atoms with Gasteiger partial charge in [-0.2, -0.15) is 0 Å². The Labute approximate surface area is 142 Å². The van der Waals surface area contributed by atoms with Crippen molar-refractivity contribution in [3.63, 3.8) is 0 Å². The summed E-state index contributed by atoms with van der Waals surface area (Å²) in [6.45, 7) is 4.96. The smallest absolute Gasteiger partial charge is 0.478 e. The molecule has 25 heavy (non-hydrogen) atoms. The summed E-state index contributed by atoms with van der Waals surface area (Å²) in [5.74, 6) is -2.11. The molecular weight excluding hydrogens is 341 g/mol. The Hall–Kier alpha value is -2.77. The molecular formula is C17H17F3O5. The molecule has 1 rings (SSSR count). The van der Waals surface area contributed by atoms with E-state index in [1.165, 1.54) is 25.1 Å². The van der Waals surface area contributed by atoms with Gasteiger partial charge in [-0.25, -0.2) is 9.59 Å². The lowest BCUT2D eigenvalue weighted by Gasteiger charge is -2.09. The number of hydrogen-bond donors (Lipinski definition) is 1. The first-order valence-electron chi connectivity index (χ1n) is 7.21. The average molecular weight is 358 g/mol. The van der Waals surface area contributed by atoms with Crippen molar-refractivity contribution in [2.45, 2.75) is 26.1 Å². The van der Waals surface area contributed by atoms with Gasteiger partial charge in [-0.1, -0.05) is 18.7 Å². The molecule has 8 heteroatoms. The SMILES string of the molecule is C=C(C)C(=O)OCCCC(=Cc1ccc(OC(F)(F)F)cc1)C(=O)O. The second-order valence-corrected chi connectivity index (χ2v) is 5.11. The number of carbonyl (C=O) groups excluding carboxylic acids is 1. The molecule has 0 aliphatic rings. The van der Waals surface area contributed by atoms with Gasteiger partial charge in [0.05, 0.1) is 6.61 Å². The normalized spacial score (nSPS) is 11.8. The zero-order valence-electron chi connectivity index (χ0n) is 13.4. The molecule has 0 saturated carbocycles. The van der Waals surface area contributed by atoms with Crippen molar-refractivity contribution in [1.82, 2.24) is 0 Å². The van der Waals surface area contributed by atoms with Crippen molar-refractivity contribution in [2.75, 3.05) is 6.61 Å². The second-order valence-electron chi connectivity index (χ2n) is 5.11. The first-order valence-corrected chi connectivity index (χ1v) is 7.21. The number of carbonyl (C=O) groups is 2. The highest BCUT2D eigenvalue weighted by Crippen LogP contribution is 2.23. The molecule has 1 aromatic rings. The molecule has 0 aromatic heterocycles. The number of halogens is 3. The highest BCUT2D eigenvalue weighted by molar-refractivity contribution is 5.92. The summed E-state index contributed by atoms with van der Waals surface area (Å²) in [5, 5.41) is 9.18. The molecule has 0 aliphatic heterocycles. The van der Waals surface area contributed by atoms with E-state index in [4.69, 9.17) is 4.74 Å². The van der Waals surface area contributed by atoms with Gasteiger partial charge < -0.3 is 14.6 Å². The molecule has 0 aliphatic carbocycles. The maximum Gasteiger partial charge on any atom is 0.573 e. The topological polar surface area (TPSA) is 72.8 Å². The number of benzene rings is 1. The quantitative estimate of drug-likeness (QED) is 0.433. The van der Waals surface area contributed by atoms with Crippen LogP contribution in [0, 0.1) is 0 Å². The summed E-state index contributed by atoms with van der Waals surface area (Å²) in [6.07, 6.45) is -3.04. The van der Waals surface area contributed by atoms with Crippen molar-refractivity contribution >= 4 is 18.0 Å². The monoisotopic (exact) mass is 358 g/mol. The Morgan fingerprint density at radius 1 is 1.24 bits per heavy atom. The van der Waals surface area contributed by atoms with Crippen LogP contribution < -0.4 is 4.74 Å². The molecule has 136 valence electrons. The van der Waals surface area contributed by atoms with Gasteiger partial charge in [0.25, 0.3) is 0 Å². The number of esters is 1. The van der Waals surface area contributed by atoms with Crippen LogP contribution in [-0.4, -0.2) is 30.0 Å². The molecule has 0 atom stereocenters. The fourth-order valence-electron chi connectivity index (χ4n) is 1.76. The van der Waals surface area contributed by atoms with Crippen LogP contribution in [-0.2, 0) is 14.3 Å². The minimum atomic E-state index is -4.79. The van der Waals surface area contributed by atoms with Gasteiger partial charge in [-0.3, -0.25) is 0 Å². The number of carboxylic acid groups (broad SMARTS) is 1. The highest BCUT2D eigenvalue weighted by Gasteiger charge is 2.30. The van der Waals surface area contributed by atoms with Crippen LogP contribution in [0.25, 0.3) is 6.08 Å². The standard InChI is InChI=1S/C17H17F3O5/c1-11(2)16(23)24-9-3-4-13(15(21)22)10-12-5-7-14(8-6-12)25-17(18,19)20/h5-8,10H,1,3-4,9H2,2H3,(H,21,22). The number of aliphatic carboxylic acids is 1. The van der Waals surface area contributed by atoms with Crippen LogP contribution in [0.2, 0.25) is 0 Å². The van der Waals surface area contributed by atoms with E-state index < -0.39 is 24.1 Å². The van der Waals surface area contributed by atoms with E-state index in [0.29, 0.717) is 5.56 Å². The maximum atomic E-state index is 12.1. The van der Waals surface area contributed by atoms with Crippen molar-refractivity contribution in [3.8, 4) is 5.75 Å². The van der Waals surface area contributed by atoms with Crippen molar-refractivity contribution < 1.29 is 37.3 Å². The van der Waals surface area contributed by atoms with Gasteiger partial charge in [-0.15, -0.1) is 13.2 Å². The molecule has 0 unspecified atom stereocenters. The molecule has 0 fully saturated rings. The number of carboxylic acids is 1. The fraction of sp³-hybridized carbons (Fsp3) is 0.294. The van der Waals surface area contributed by atoms with Gasteiger partial charge in [0.2, 0.25) is 0 Å². The van der Waals surface area contributed by atoms with Gasteiger partial charge in [0.15, 0.2) is 0 Å². The largest absolute Gasteiger partial charge is 0.573 e. The zero-order chi connectivity index (χ0) is 19.0. The predicted octanol–water partition coefficient (Wildman–Crippen LogP) is 3.95. The minimum absolute atomic E-state index is 0.0364. The lowest BCUT2D eigenvalue weighted by molar-refractivity contribution is -0.274. The molecule has 0 bridgehead atoms. The average Bonchev–Trinajstić information content (AvgIpc) is 2.49. The number of alkyl halides is 3. The van der Waals surface area contributed by atoms with E-state index in [9.17, 15) is 27.9 Å². The van der Waals surface area contributed by atoms with Crippen LogP contribution in [0.15, 0.2) is 42.0 Å². The third kappa shape index (κ3) is 8.05. The van der Waals surface area contributed by atoms with E-state index in [-0.39, 0.29) is 30.6 Å². The second kappa shape index (κ2) is 8.91. The lowest BCUT2D eigenvalue weighted by Crippen LogP contribution is -2.16. The Morgan fingerprint density at radius 2 is 1.84 bits per heavy atom. The summed E-state index contributed by atoms with van der Waals surface area (Å²) in [5.41, 5.74) is 0.692. The Kier molecular flexibility index (Phi) is 7.22. The maximum absolute atomic E-state index is 12.1. The predicted molar refractivity (Wildman–Crippen MR) is 83.7 cm³/mol. The summed E-state index contributed by atoms with van der Waals surface area (Å²) in [4.78, 5) is 22.4. The first-order chi connectivity index (χ1) is 11.6. The van der Waals surface area contributed by atoms with Gasteiger partial charge in [0.1, 0.15) is 5.75 Å². The lowest BCUT2D eigenvalue weighted by atomic mass is 10.1. The molecule has 1 N–H and O–H groups in total. The van der Waals surface area contributed by atoms with Gasteiger partial charge >= 0.3 is 18.3 Å².